The molecular weight excluding hydrogens is 399 g/mol. The fourth-order valence-corrected chi connectivity index (χ4v) is 4.93. The van der Waals surface area contributed by atoms with E-state index in [-0.39, 0.29) is 24.0 Å². The molecule has 1 aromatic heterocycles. The monoisotopic (exact) mass is 418 g/mol. The van der Waals surface area contributed by atoms with E-state index in [4.69, 9.17) is 0 Å². The van der Waals surface area contributed by atoms with Crippen molar-refractivity contribution in [1.29, 1.82) is 0 Å². The molecule has 0 saturated carbocycles. The van der Waals surface area contributed by atoms with Crippen molar-refractivity contribution in [3.05, 3.63) is 76.9 Å². The second-order valence-corrected chi connectivity index (χ2v) is 9.10. The second-order valence-electron chi connectivity index (χ2n) is 6.24. The second kappa shape index (κ2) is 8.22. The highest BCUT2D eigenvalue weighted by Gasteiger charge is 2.16. The van der Waals surface area contributed by atoms with Gasteiger partial charge in [0.15, 0.2) is 0 Å². The van der Waals surface area contributed by atoms with E-state index in [9.17, 15) is 17.6 Å². The van der Waals surface area contributed by atoms with Gasteiger partial charge in [-0.2, -0.15) is 0 Å². The molecule has 0 aliphatic carbocycles. The molecule has 3 aromatic rings. The molecule has 8 heteroatoms. The van der Waals surface area contributed by atoms with E-state index in [0.29, 0.717) is 16.1 Å². The van der Waals surface area contributed by atoms with Gasteiger partial charge in [-0.25, -0.2) is 17.5 Å². The van der Waals surface area contributed by atoms with E-state index in [1.54, 1.807) is 37.3 Å². The molecule has 2 aromatic carbocycles. The molecule has 0 bridgehead atoms. The van der Waals surface area contributed by atoms with Crippen LogP contribution >= 0.6 is 11.3 Å². The normalized spacial score (nSPS) is 11.5. The zero-order valence-corrected chi connectivity index (χ0v) is 16.8. The van der Waals surface area contributed by atoms with Crippen molar-refractivity contribution in [1.82, 2.24) is 4.72 Å². The number of amides is 1. The van der Waals surface area contributed by atoms with Crippen molar-refractivity contribution in [2.75, 3.05) is 11.9 Å². The van der Waals surface area contributed by atoms with Gasteiger partial charge in [0.05, 0.1) is 10.6 Å². The minimum absolute atomic E-state index is 0.157. The summed E-state index contributed by atoms with van der Waals surface area (Å²) in [6.45, 7) is 5.44. The smallest absolute Gasteiger partial charge is 0.266 e. The first-order valence-corrected chi connectivity index (χ1v) is 10.9. The van der Waals surface area contributed by atoms with E-state index < -0.39 is 10.0 Å². The summed E-state index contributed by atoms with van der Waals surface area (Å²) >= 11 is 1.30. The first-order valence-electron chi connectivity index (χ1n) is 8.46. The van der Waals surface area contributed by atoms with Gasteiger partial charge in [-0.05, 0) is 53.8 Å². The van der Waals surface area contributed by atoms with E-state index in [2.05, 4.69) is 16.6 Å². The van der Waals surface area contributed by atoms with Gasteiger partial charge in [-0.1, -0.05) is 18.2 Å². The summed E-state index contributed by atoms with van der Waals surface area (Å²) in [6.07, 6.45) is 1.47. The number of carbonyl (C=O) groups excluding carboxylic acids is 1. The van der Waals surface area contributed by atoms with Crippen molar-refractivity contribution >= 4 is 43.0 Å². The molecule has 0 radical (unpaired) electrons. The SMILES string of the molecule is C=CCNS(=O)(=O)Cc1ccc(NC(=O)c2sc3ccc(F)cc3c2C)cc1. The van der Waals surface area contributed by atoms with Crippen LogP contribution in [0.4, 0.5) is 10.1 Å². The number of rotatable bonds is 7. The summed E-state index contributed by atoms with van der Waals surface area (Å²) in [6, 6.07) is 11.1. The lowest BCUT2D eigenvalue weighted by atomic mass is 10.1. The molecule has 5 nitrogen and oxygen atoms in total. The van der Waals surface area contributed by atoms with Crippen LogP contribution in [0.25, 0.3) is 10.1 Å². The van der Waals surface area contributed by atoms with E-state index >= 15 is 0 Å². The zero-order valence-electron chi connectivity index (χ0n) is 15.2. The predicted octanol–water partition coefficient (Wildman–Crippen LogP) is 4.21. The highest BCUT2D eigenvalue weighted by Crippen LogP contribution is 2.31. The van der Waals surface area contributed by atoms with Crippen LogP contribution in [0.15, 0.2) is 55.1 Å². The van der Waals surface area contributed by atoms with Gasteiger partial charge in [0.2, 0.25) is 10.0 Å². The summed E-state index contributed by atoms with van der Waals surface area (Å²) in [5, 5.41) is 3.52. The number of fused-ring (bicyclic) bond motifs is 1. The minimum Gasteiger partial charge on any atom is -0.321 e. The highest BCUT2D eigenvalue weighted by atomic mass is 32.2. The molecule has 0 fully saturated rings. The van der Waals surface area contributed by atoms with E-state index in [1.165, 1.54) is 29.5 Å². The first kappa shape index (κ1) is 20.2. The van der Waals surface area contributed by atoms with Crippen LogP contribution in [0.3, 0.4) is 0 Å². The summed E-state index contributed by atoms with van der Waals surface area (Å²) < 4.78 is 40.5. The molecule has 146 valence electrons. The Morgan fingerprint density at radius 1 is 1.21 bits per heavy atom. The molecule has 0 spiro atoms. The largest absolute Gasteiger partial charge is 0.321 e. The van der Waals surface area contributed by atoms with Crippen molar-refractivity contribution in [2.45, 2.75) is 12.7 Å². The van der Waals surface area contributed by atoms with Crippen molar-refractivity contribution < 1.29 is 17.6 Å². The number of thiophene rings is 1. The number of benzene rings is 2. The quantitative estimate of drug-likeness (QED) is 0.565. The Morgan fingerprint density at radius 2 is 1.93 bits per heavy atom. The third-order valence-corrected chi connectivity index (χ3v) is 6.71. The third kappa shape index (κ3) is 4.64. The maximum absolute atomic E-state index is 13.4. The Morgan fingerprint density at radius 3 is 2.61 bits per heavy atom. The Labute approximate surface area is 166 Å². The molecule has 1 amide bonds. The lowest BCUT2D eigenvalue weighted by Gasteiger charge is -2.07. The topological polar surface area (TPSA) is 75.3 Å². The molecule has 0 unspecified atom stereocenters. The average molecular weight is 419 g/mol. The van der Waals surface area contributed by atoms with Gasteiger partial charge >= 0.3 is 0 Å². The lowest BCUT2D eigenvalue weighted by Crippen LogP contribution is -2.25. The van der Waals surface area contributed by atoms with Gasteiger partial charge in [0.1, 0.15) is 5.82 Å². The molecule has 3 rings (SSSR count). The Bertz CT molecular complexity index is 1140. The number of sulfonamides is 1. The molecule has 0 atom stereocenters. The van der Waals surface area contributed by atoms with Gasteiger partial charge < -0.3 is 5.32 Å². The minimum atomic E-state index is -3.44. The molecule has 0 aliphatic heterocycles. The van der Waals surface area contributed by atoms with Gasteiger partial charge in [0, 0.05) is 16.9 Å². The summed E-state index contributed by atoms with van der Waals surface area (Å²) in [5.74, 6) is -0.781. The predicted molar refractivity (Wildman–Crippen MR) is 112 cm³/mol. The maximum Gasteiger partial charge on any atom is 0.266 e. The van der Waals surface area contributed by atoms with Crippen molar-refractivity contribution in [3.63, 3.8) is 0 Å². The van der Waals surface area contributed by atoms with Crippen LogP contribution in [-0.2, 0) is 15.8 Å². The number of aryl methyl sites for hydroxylation is 1. The van der Waals surface area contributed by atoms with Crippen LogP contribution in [0.1, 0.15) is 20.8 Å². The van der Waals surface area contributed by atoms with Gasteiger partial charge in [-0.15, -0.1) is 17.9 Å². The Kier molecular flexibility index (Phi) is 5.93. The van der Waals surface area contributed by atoms with Crippen LogP contribution in [0.2, 0.25) is 0 Å². The van der Waals surface area contributed by atoms with Crippen LogP contribution in [-0.4, -0.2) is 20.9 Å². The standard InChI is InChI=1S/C20H19FN2O3S2/c1-3-10-22-28(25,26)12-14-4-7-16(8-5-14)23-20(24)19-13(2)17-11-15(21)6-9-18(17)27-19/h3-9,11,22H,1,10,12H2,2H3,(H,23,24). The number of halogens is 1. The third-order valence-electron chi connectivity index (χ3n) is 4.12. The fraction of sp³-hybridized carbons (Fsp3) is 0.150. The molecule has 28 heavy (non-hydrogen) atoms. The molecular formula is C20H19FN2O3S2. The summed E-state index contributed by atoms with van der Waals surface area (Å²) in [7, 11) is -3.44. The van der Waals surface area contributed by atoms with Crippen LogP contribution in [0.5, 0.6) is 0 Å². The Balaban J connectivity index is 1.73. The Hall–Kier alpha value is -2.55. The van der Waals surface area contributed by atoms with Crippen LogP contribution in [0, 0.1) is 12.7 Å². The highest BCUT2D eigenvalue weighted by molar-refractivity contribution is 7.88. The summed E-state index contributed by atoms with van der Waals surface area (Å²) in [5.41, 5.74) is 1.88. The molecule has 1 heterocycles. The van der Waals surface area contributed by atoms with Crippen molar-refractivity contribution in [2.24, 2.45) is 0 Å². The zero-order chi connectivity index (χ0) is 20.3. The lowest BCUT2D eigenvalue weighted by molar-refractivity contribution is 0.103. The van der Waals surface area contributed by atoms with E-state index in [1.807, 2.05) is 0 Å². The molecule has 2 N–H and O–H groups in total. The number of hydrogen-bond donors (Lipinski definition) is 2. The number of carbonyl (C=O) groups is 1. The van der Waals surface area contributed by atoms with Gasteiger partial charge in [0.25, 0.3) is 5.91 Å². The maximum atomic E-state index is 13.4. The number of anilines is 1. The average Bonchev–Trinajstić information content (AvgIpc) is 2.98. The van der Waals surface area contributed by atoms with E-state index in [0.717, 1.165) is 15.6 Å². The fourth-order valence-electron chi connectivity index (χ4n) is 2.74. The van der Waals surface area contributed by atoms with Crippen LogP contribution < -0.4 is 10.0 Å². The molecule has 0 aliphatic rings. The number of hydrogen-bond acceptors (Lipinski definition) is 4. The summed E-state index contributed by atoms with van der Waals surface area (Å²) in [4.78, 5) is 13.1. The van der Waals surface area contributed by atoms with Crippen molar-refractivity contribution in [3.8, 4) is 0 Å². The molecule has 0 saturated heterocycles. The number of nitrogens with one attached hydrogen (secondary N) is 2. The van der Waals surface area contributed by atoms with Gasteiger partial charge in [-0.3, -0.25) is 4.79 Å². The first-order chi connectivity index (χ1) is 13.3.